The minimum Gasteiger partial charge on any atom is -0.503 e. The van der Waals surface area contributed by atoms with E-state index in [9.17, 15) is 14.7 Å². The minimum absolute atomic E-state index is 0.0616. The van der Waals surface area contributed by atoms with Crippen molar-refractivity contribution in [2.45, 2.75) is 30.0 Å². The number of allylic oxidation sites excluding steroid dienone is 1. The number of carbonyl (C=O) groups is 2. The van der Waals surface area contributed by atoms with Crippen molar-refractivity contribution in [2.24, 2.45) is 0 Å². The number of aliphatic hydroxyl groups is 1. The van der Waals surface area contributed by atoms with Crippen LogP contribution in [0.15, 0.2) is 107 Å². The minimum atomic E-state index is -0.981. The topological polar surface area (TPSA) is 102 Å². The number of benzene rings is 3. The first-order chi connectivity index (χ1) is 21.4. The Bertz CT molecular complexity index is 1710. The zero-order valence-electron chi connectivity index (χ0n) is 24.3. The van der Waals surface area contributed by atoms with Crippen LogP contribution in [-0.4, -0.2) is 40.2 Å². The molecule has 0 saturated carbocycles. The predicted octanol–water partition coefficient (Wildman–Crippen LogP) is 7.28. The maximum atomic E-state index is 13.7. The zero-order chi connectivity index (χ0) is 31.1. The molecule has 0 bridgehead atoms. The standard InChI is InChI=1S/C34H31N3O5S2/c1-4-19-42-27-18-16-25(20-28(27)41-5-2)30-29(26(38)17-15-23-9-7-6-8-10-23)31(39)32(40)37(30)33-35-36-34(44-33)43-21-24-13-11-22(3)12-14-24/h4,6-18,20,30,39H,1,5,19,21H2,2-3H3/b17-15+. The largest absolute Gasteiger partial charge is 0.503 e. The molecular formula is C34H31N3O5S2. The zero-order valence-corrected chi connectivity index (χ0v) is 25.9. The summed E-state index contributed by atoms with van der Waals surface area (Å²) >= 11 is 2.72. The van der Waals surface area contributed by atoms with E-state index in [-0.39, 0.29) is 17.3 Å². The Morgan fingerprint density at radius 2 is 1.84 bits per heavy atom. The SMILES string of the molecule is C=CCOc1ccc(C2C(C(=O)/C=C/c3ccccc3)=C(O)C(=O)N2c2nnc(SCc3ccc(C)cc3)s2)cc1OCC. The maximum Gasteiger partial charge on any atom is 0.296 e. The fourth-order valence-corrected chi connectivity index (χ4v) is 6.44. The number of carbonyl (C=O) groups excluding carboxylic acids is 2. The lowest BCUT2D eigenvalue weighted by Crippen LogP contribution is -2.31. The highest BCUT2D eigenvalue weighted by Gasteiger charge is 2.45. The molecule has 4 aromatic rings. The molecule has 1 aromatic heterocycles. The number of aromatic nitrogens is 2. The van der Waals surface area contributed by atoms with E-state index in [1.54, 1.807) is 30.4 Å². The van der Waals surface area contributed by atoms with Gasteiger partial charge in [-0.05, 0) is 48.7 Å². The Morgan fingerprint density at radius 1 is 1.07 bits per heavy atom. The smallest absolute Gasteiger partial charge is 0.296 e. The first kappa shape index (κ1) is 30.8. The first-order valence-electron chi connectivity index (χ1n) is 14.0. The summed E-state index contributed by atoms with van der Waals surface area (Å²) in [6, 6.07) is 21.7. The predicted molar refractivity (Wildman–Crippen MR) is 174 cm³/mol. The van der Waals surface area contributed by atoms with Crippen LogP contribution in [0, 0.1) is 6.92 Å². The first-order valence-corrected chi connectivity index (χ1v) is 15.8. The summed E-state index contributed by atoms with van der Waals surface area (Å²) in [6.45, 7) is 8.22. The fourth-order valence-electron chi connectivity index (χ4n) is 4.61. The molecule has 1 unspecified atom stereocenters. The van der Waals surface area contributed by atoms with Crippen molar-refractivity contribution in [3.05, 3.63) is 125 Å². The second-order valence-corrected chi connectivity index (χ2v) is 12.0. The summed E-state index contributed by atoms with van der Waals surface area (Å²) in [7, 11) is 0. The van der Waals surface area contributed by atoms with Gasteiger partial charge in [0.1, 0.15) is 6.61 Å². The molecule has 0 saturated heterocycles. The van der Waals surface area contributed by atoms with Crippen LogP contribution in [0.3, 0.4) is 0 Å². The van der Waals surface area contributed by atoms with Crippen molar-refractivity contribution in [3.8, 4) is 11.5 Å². The molecule has 0 spiro atoms. The molecule has 44 heavy (non-hydrogen) atoms. The van der Waals surface area contributed by atoms with Crippen LogP contribution >= 0.6 is 23.1 Å². The van der Waals surface area contributed by atoms with E-state index in [1.165, 1.54) is 39.6 Å². The van der Waals surface area contributed by atoms with Crippen molar-refractivity contribution < 1.29 is 24.2 Å². The van der Waals surface area contributed by atoms with Crippen LogP contribution in [0.25, 0.3) is 6.08 Å². The van der Waals surface area contributed by atoms with Crippen LogP contribution in [0.2, 0.25) is 0 Å². The van der Waals surface area contributed by atoms with Crippen LogP contribution in [0.5, 0.6) is 11.5 Å². The number of aliphatic hydroxyl groups excluding tert-OH is 1. The molecular weight excluding hydrogens is 595 g/mol. The number of rotatable bonds is 13. The van der Waals surface area contributed by atoms with Gasteiger partial charge in [0.25, 0.3) is 5.91 Å². The van der Waals surface area contributed by atoms with Gasteiger partial charge in [-0.1, -0.05) is 108 Å². The molecule has 5 rings (SSSR count). The molecule has 10 heteroatoms. The third kappa shape index (κ3) is 6.93. The number of aryl methyl sites for hydroxylation is 1. The van der Waals surface area contributed by atoms with Crippen LogP contribution < -0.4 is 14.4 Å². The van der Waals surface area contributed by atoms with Gasteiger partial charge in [0.05, 0.1) is 18.2 Å². The van der Waals surface area contributed by atoms with Gasteiger partial charge in [0.15, 0.2) is 27.4 Å². The summed E-state index contributed by atoms with van der Waals surface area (Å²) < 4.78 is 12.3. The van der Waals surface area contributed by atoms with E-state index in [2.05, 4.69) is 41.0 Å². The fraction of sp³-hybridized carbons (Fsp3) is 0.176. The van der Waals surface area contributed by atoms with Crippen molar-refractivity contribution >= 4 is 46.0 Å². The second-order valence-electron chi connectivity index (χ2n) is 9.81. The van der Waals surface area contributed by atoms with Gasteiger partial charge < -0.3 is 14.6 Å². The van der Waals surface area contributed by atoms with Crippen LogP contribution in [0.4, 0.5) is 5.13 Å². The quantitative estimate of drug-likeness (QED) is 0.0716. The highest BCUT2D eigenvalue weighted by atomic mass is 32.2. The van der Waals surface area contributed by atoms with E-state index >= 15 is 0 Å². The Labute approximate surface area is 264 Å². The number of anilines is 1. The van der Waals surface area contributed by atoms with Gasteiger partial charge >= 0.3 is 0 Å². The molecule has 0 radical (unpaired) electrons. The monoisotopic (exact) mass is 625 g/mol. The summed E-state index contributed by atoms with van der Waals surface area (Å²) in [5, 5.41) is 20.0. The Balaban J connectivity index is 1.51. The normalized spacial score (nSPS) is 14.8. The molecule has 1 aliphatic heterocycles. The molecule has 0 fully saturated rings. The molecule has 0 aliphatic carbocycles. The van der Waals surface area contributed by atoms with E-state index in [4.69, 9.17) is 9.47 Å². The lowest BCUT2D eigenvalue weighted by atomic mass is 9.95. The molecule has 224 valence electrons. The summed E-state index contributed by atoms with van der Waals surface area (Å²) in [5.41, 5.74) is 3.60. The number of nitrogens with zero attached hydrogens (tertiary/aromatic N) is 3. The molecule has 8 nitrogen and oxygen atoms in total. The lowest BCUT2D eigenvalue weighted by Gasteiger charge is -2.24. The molecule has 3 aromatic carbocycles. The highest BCUT2D eigenvalue weighted by Crippen LogP contribution is 2.45. The molecule has 1 aliphatic rings. The average molecular weight is 626 g/mol. The van der Waals surface area contributed by atoms with Gasteiger partial charge in [-0.25, -0.2) is 0 Å². The Kier molecular flexibility index (Phi) is 9.93. The van der Waals surface area contributed by atoms with E-state index in [0.717, 1.165) is 11.1 Å². The van der Waals surface area contributed by atoms with Gasteiger partial charge in [-0.3, -0.25) is 14.5 Å². The van der Waals surface area contributed by atoms with Gasteiger partial charge in [-0.15, -0.1) is 10.2 Å². The lowest BCUT2D eigenvalue weighted by molar-refractivity contribution is -0.117. The van der Waals surface area contributed by atoms with Gasteiger partial charge in [0.2, 0.25) is 5.13 Å². The van der Waals surface area contributed by atoms with Crippen molar-refractivity contribution in [1.82, 2.24) is 10.2 Å². The van der Waals surface area contributed by atoms with Crippen molar-refractivity contribution in [2.75, 3.05) is 18.1 Å². The van der Waals surface area contributed by atoms with Crippen molar-refractivity contribution in [3.63, 3.8) is 0 Å². The number of hydrogen-bond acceptors (Lipinski definition) is 9. The molecule has 1 atom stereocenters. The summed E-state index contributed by atoms with van der Waals surface area (Å²) in [5.74, 6) is -0.274. The van der Waals surface area contributed by atoms with E-state index in [0.29, 0.717) is 33.8 Å². The van der Waals surface area contributed by atoms with E-state index in [1.807, 2.05) is 44.2 Å². The Morgan fingerprint density at radius 3 is 2.57 bits per heavy atom. The summed E-state index contributed by atoms with van der Waals surface area (Å²) in [6.07, 6.45) is 4.63. The maximum absolute atomic E-state index is 13.7. The number of ketones is 1. The second kappa shape index (κ2) is 14.2. The molecule has 2 heterocycles. The van der Waals surface area contributed by atoms with Crippen molar-refractivity contribution in [1.29, 1.82) is 0 Å². The number of thioether (sulfide) groups is 1. The van der Waals surface area contributed by atoms with Gasteiger partial charge in [0, 0.05) is 5.75 Å². The number of amides is 1. The summed E-state index contributed by atoms with van der Waals surface area (Å²) in [4.78, 5) is 28.6. The number of ether oxygens (including phenoxy) is 2. The molecule has 1 amide bonds. The third-order valence-corrected chi connectivity index (χ3v) is 8.85. The van der Waals surface area contributed by atoms with Crippen LogP contribution in [0.1, 0.15) is 35.2 Å². The van der Waals surface area contributed by atoms with Crippen LogP contribution in [-0.2, 0) is 15.3 Å². The molecule has 1 N–H and O–H groups in total. The number of hydrogen-bond donors (Lipinski definition) is 1. The third-order valence-electron chi connectivity index (χ3n) is 6.73. The highest BCUT2D eigenvalue weighted by molar-refractivity contribution is 8.00. The Hall–Kier alpha value is -4.67. The van der Waals surface area contributed by atoms with E-state index < -0.39 is 23.5 Å². The average Bonchev–Trinajstić information content (AvgIpc) is 3.61. The van der Waals surface area contributed by atoms with Gasteiger partial charge in [-0.2, -0.15) is 0 Å².